The third-order valence-electron chi connectivity index (χ3n) is 2.98. The first kappa shape index (κ1) is 13.2. The molecule has 2 rings (SSSR count). The van der Waals surface area contributed by atoms with Gasteiger partial charge in [0.2, 0.25) is 0 Å². The monoisotopic (exact) mass is 261 g/mol. The van der Waals surface area contributed by atoms with E-state index in [1.54, 1.807) is 11.8 Å². The number of nitrogens with zero attached hydrogens (tertiary/aromatic N) is 2. The Labute approximate surface area is 112 Å². The van der Waals surface area contributed by atoms with Crippen LogP contribution in [0.15, 0.2) is 41.4 Å². The summed E-state index contributed by atoms with van der Waals surface area (Å²) in [6, 6.07) is 10.6. The van der Waals surface area contributed by atoms with Gasteiger partial charge in [0.05, 0.1) is 11.7 Å². The van der Waals surface area contributed by atoms with Crippen LogP contribution in [0.4, 0.5) is 0 Å². The predicted molar refractivity (Wildman–Crippen MR) is 76.9 cm³/mol. The van der Waals surface area contributed by atoms with E-state index in [-0.39, 0.29) is 6.04 Å². The fourth-order valence-corrected chi connectivity index (χ4v) is 2.39. The van der Waals surface area contributed by atoms with Gasteiger partial charge in [0.25, 0.3) is 0 Å². The molecule has 0 aliphatic carbocycles. The molecule has 1 aromatic heterocycles. The molecule has 2 N–H and O–H groups in total. The van der Waals surface area contributed by atoms with E-state index in [4.69, 9.17) is 5.73 Å². The smallest absolute Gasteiger partial charge is 0.0723 e. The zero-order valence-corrected chi connectivity index (χ0v) is 11.8. The highest BCUT2D eigenvalue weighted by atomic mass is 32.2. The van der Waals surface area contributed by atoms with Gasteiger partial charge >= 0.3 is 0 Å². The molecule has 0 spiro atoms. The zero-order chi connectivity index (χ0) is 13.1. The highest BCUT2D eigenvalue weighted by Crippen LogP contribution is 2.23. The number of rotatable bonds is 4. The van der Waals surface area contributed by atoms with Gasteiger partial charge in [0.15, 0.2) is 0 Å². The lowest BCUT2D eigenvalue weighted by Crippen LogP contribution is -2.18. The van der Waals surface area contributed by atoms with Gasteiger partial charge in [-0.1, -0.05) is 12.1 Å². The second kappa shape index (κ2) is 5.59. The molecule has 0 saturated heterocycles. The van der Waals surface area contributed by atoms with E-state index in [9.17, 15) is 0 Å². The van der Waals surface area contributed by atoms with Crippen molar-refractivity contribution >= 4 is 11.8 Å². The molecule has 4 heteroatoms. The van der Waals surface area contributed by atoms with Crippen LogP contribution >= 0.6 is 11.8 Å². The molecular weight excluding hydrogens is 242 g/mol. The molecule has 0 amide bonds. The Bertz CT molecular complexity index is 502. The molecule has 2 aromatic rings. The zero-order valence-electron chi connectivity index (χ0n) is 11.0. The van der Waals surface area contributed by atoms with Crippen LogP contribution < -0.4 is 5.73 Å². The Balaban J connectivity index is 2.29. The molecule has 0 aliphatic heterocycles. The summed E-state index contributed by atoms with van der Waals surface area (Å²) in [4.78, 5) is 1.25. The Kier molecular flexibility index (Phi) is 4.09. The van der Waals surface area contributed by atoms with Crippen molar-refractivity contribution in [3.8, 4) is 0 Å². The van der Waals surface area contributed by atoms with Crippen LogP contribution in [0.1, 0.15) is 37.2 Å². The summed E-state index contributed by atoms with van der Waals surface area (Å²) in [5.41, 5.74) is 8.50. The molecule has 0 aliphatic rings. The minimum Gasteiger partial charge on any atom is -0.319 e. The van der Waals surface area contributed by atoms with Gasteiger partial charge in [0, 0.05) is 17.1 Å². The van der Waals surface area contributed by atoms with Crippen molar-refractivity contribution in [3.05, 3.63) is 47.8 Å². The van der Waals surface area contributed by atoms with Crippen LogP contribution in [-0.2, 0) is 0 Å². The number of nitrogens with two attached hydrogens (primary N) is 1. The van der Waals surface area contributed by atoms with Crippen LogP contribution in [0.3, 0.4) is 0 Å². The largest absolute Gasteiger partial charge is 0.319 e. The van der Waals surface area contributed by atoms with E-state index in [0.717, 1.165) is 11.3 Å². The van der Waals surface area contributed by atoms with E-state index in [1.807, 2.05) is 16.9 Å². The number of hydrogen-bond acceptors (Lipinski definition) is 3. The lowest BCUT2D eigenvalue weighted by Gasteiger charge is -2.17. The summed E-state index contributed by atoms with van der Waals surface area (Å²) in [6.45, 7) is 4.22. The molecule has 96 valence electrons. The van der Waals surface area contributed by atoms with Crippen molar-refractivity contribution in [2.75, 3.05) is 6.26 Å². The minimum absolute atomic E-state index is 0.120. The van der Waals surface area contributed by atoms with Crippen molar-refractivity contribution in [2.45, 2.75) is 30.8 Å². The maximum atomic E-state index is 6.32. The van der Waals surface area contributed by atoms with Gasteiger partial charge in [-0.05, 0) is 43.9 Å². The molecular formula is C14H19N3S. The molecule has 1 unspecified atom stereocenters. The highest BCUT2D eigenvalue weighted by molar-refractivity contribution is 7.98. The van der Waals surface area contributed by atoms with Gasteiger partial charge in [-0.15, -0.1) is 11.8 Å². The van der Waals surface area contributed by atoms with Crippen LogP contribution in [0.5, 0.6) is 0 Å². The fraction of sp³-hybridized carbons (Fsp3) is 0.357. The summed E-state index contributed by atoms with van der Waals surface area (Å²) < 4.78 is 1.98. The van der Waals surface area contributed by atoms with Gasteiger partial charge in [-0.25, -0.2) is 0 Å². The molecule has 0 saturated carbocycles. The van der Waals surface area contributed by atoms with Crippen LogP contribution in [0.2, 0.25) is 0 Å². The van der Waals surface area contributed by atoms with Crippen molar-refractivity contribution in [3.63, 3.8) is 0 Å². The van der Waals surface area contributed by atoms with Gasteiger partial charge in [-0.3, -0.25) is 4.68 Å². The topological polar surface area (TPSA) is 43.8 Å². The first-order valence-electron chi connectivity index (χ1n) is 6.06. The summed E-state index contributed by atoms with van der Waals surface area (Å²) in [6.07, 6.45) is 3.88. The summed E-state index contributed by atoms with van der Waals surface area (Å²) in [7, 11) is 0. The van der Waals surface area contributed by atoms with E-state index in [0.29, 0.717) is 6.04 Å². The predicted octanol–water partition coefficient (Wildman–Crippen LogP) is 3.23. The second-order valence-corrected chi connectivity index (χ2v) is 5.42. The van der Waals surface area contributed by atoms with Gasteiger partial charge in [0.1, 0.15) is 0 Å². The third-order valence-corrected chi connectivity index (χ3v) is 3.73. The average Bonchev–Trinajstić information content (AvgIpc) is 2.87. The molecule has 1 heterocycles. The first-order valence-corrected chi connectivity index (χ1v) is 7.29. The number of aromatic nitrogens is 2. The molecule has 1 atom stereocenters. The van der Waals surface area contributed by atoms with Crippen LogP contribution in [0.25, 0.3) is 0 Å². The highest BCUT2D eigenvalue weighted by Gasteiger charge is 2.15. The minimum atomic E-state index is -0.120. The number of benzene rings is 1. The van der Waals surface area contributed by atoms with Crippen molar-refractivity contribution < 1.29 is 0 Å². The molecule has 18 heavy (non-hydrogen) atoms. The van der Waals surface area contributed by atoms with Gasteiger partial charge < -0.3 is 5.73 Å². The van der Waals surface area contributed by atoms with Crippen LogP contribution in [-0.4, -0.2) is 16.0 Å². The average molecular weight is 261 g/mol. The Hall–Kier alpha value is -1.26. The summed E-state index contributed by atoms with van der Waals surface area (Å²) >= 11 is 1.74. The fourth-order valence-electron chi connectivity index (χ4n) is 1.98. The third kappa shape index (κ3) is 2.60. The molecule has 1 aromatic carbocycles. The molecule has 3 nitrogen and oxygen atoms in total. The molecule has 0 bridgehead atoms. The van der Waals surface area contributed by atoms with E-state index in [2.05, 4.69) is 49.5 Å². The van der Waals surface area contributed by atoms with Crippen molar-refractivity contribution in [2.24, 2.45) is 5.73 Å². The Morgan fingerprint density at radius 1 is 1.17 bits per heavy atom. The van der Waals surface area contributed by atoms with Gasteiger partial charge in [-0.2, -0.15) is 5.10 Å². The standard InChI is InChI=1S/C14H19N3S/c1-10(2)17-13(8-9-16-17)14(15)11-4-6-12(18-3)7-5-11/h4-10,14H,15H2,1-3H3. The van der Waals surface area contributed by atoms with Crippen molar-refractivity contribution in [1.29, 1.82) is 0 Å². The lowest BCUT2D eigenvalue weighted by atomic mass is 10.0. The quantitative estimate of drug-likeness (QED) is 0.859. The lowest BCUT2D eigenvalue weighted by molar-refractivity contribution is 0.499. The molecule has 0 radical (unpaired) electrons. The maximum absolute atomic E-state index is 6.32. The number of hydrogen-bond donors (Lipinski definition) is 1. The number of thioether (sulfide) groups is 1. The van der Waals surface area contributed by atoms with Crippen molar-refractivity contribution in [1.82, 2.24) is 9.78 Å². The summed E-state index contributed by atoms with van der Waals surface area (Å²) in [5, 5.41) is 4.33. The summed E-state index contributed by atoms with van der Waals surface area (Å²) in [5.74, 6) is 0. The van der Waals surface area contributed by atoms with E-state index < -0.39 is 0 Å². The van der Waals surface area contributed by atoms with E-state index in [1.165, 1.54) is 4.90 Å². The Morgan fingerprint density at radius 3 is 2.39 bits per heavy atom. The molecule has 0 fully saturated rings. The normalized spacial score (nSPS) is 12.9. The second-order valence-electron chi connectivity index (χ2n) is 4.55. The SMILES string of the molecule is CSc1ccc(C(N)c2ccnn2C(C)C)cc1. The van der Waals surface area contributed by atoms with Crippen LogP contribution in [0, 0.1) is 0 Å². The Morgan fingerprint density at radius 2 is 1.83 bits per heavy atom. The maximum Gasteiger partial charge on any atom is 0.0723 e. The van der Waals surface area contributed by atoms with E-state index >= 15 is 0 Å². The first-order chi connectivity index (χ1) is 8.63.